The molecule has 0 spiro atoms. The van der Waals surface area contributed by atoms with Crippen LogP contribution in [-0.4, -0.2) is 89.2 Å². The Morgan fingerprint density at radius 2 is 0.818 bits per heavy atom. The van der Waals surface area contributed by atoms with Crippen LogP contribution in [0.25, 0.3) is 0 Å². The minimum atomic E-state index is -1.92. The first-order chi connectivity index (χ1) is 37.6. The lowest BCUT2D eigenvalue weighted by Crippen LogP contribution is -2.61. The number of rotatable bonds is 50. The molecule has 0 radical (unpaired) electrons. The molecule has 438 valence electrons. The molecule has 6 atom stereocenters. The van der Waals surface area contributed by atoms with Crippen LogP contribution in [-0.2, 0) is 42.9 Å². The standard InChI is InChI=1S/C65H106O12/c1-4-7-10-13-16-19-22-25-28-29-32-33-36-39-42-45-48-51-57(66)73-54-56(75-58(67)52-49-46-43-40-37-34-30-26-23-20-17-14-11-8-5-2)55-74-65-63(61(70)60(69)62(77-65)64(71)72)76-59(68)53-50-47-44-41-38-35-31-27-24-21-18-15-12-9-6-3/h7,10,16-21,25-28,30-33,56,60-63,65,69-70H,4-6,8-9,11-15,22-24,29,34-55H2,1-3H3,(H,71,72)/b10-7-,19-16-,20-17-,21-18-,28-25-,30-26-,31-27-,33-32-. The van der Waals surface area contributed by atoms with Crippen molar-refractivity contribution in [2.75, 3.05) is 13.2 Å². The lowest BCUT2D eigenvalue weighted by Gasteiger charge is -2.40. The third-order valence-electron chi connectivity index (χ3n) is 13.1. The number of hydrogen-bond acceptors (Lipinski definition) is 11. The van der Waals surface area contributed by atoms with Gasteiger partial charge >= 0.3 is 23.9 Å². The van der Waals surface area contributed by atoms with Crippen molar-refractivity contribution in [3.63, 3.8) is 0 Å². The Balaban J connectivity index is 2.73. The summed E-state index contributed by atoms with van der Waals surface area (Å²) < 4.78 is 28.4. The summed E-state index contributed by atoms with van der Waals surface area (Å²) in [4.78, 5) is 51.2. The molecule has 12 nitrogen and oxygen atoms in total. The lowest BCUT2D eigenvalue weighted by molar-refractivity contribution is -0.301. The summed E-state index contributed by atoms with van der Waals surface area (Å²) >= 11 is 0. The Labute approximate surface area is 466 Å². The van der Waals surface area contributed by atoms with Gasteiger partial charge in [-0.2, -0.15) is 0 Å². The van der Waals surface area contributed by atoms with E-state index < -0.39 is 67.3 Å². The number of aliphatic hydroxyl groups is 2. The monoisotopic (exact) mass is 1080 g/mol. The number of unbranched alkanes of at least 4 members (excludes halogenated alkanes) is 20. The Kier molecular flexibility index (Phi) is 48.0. The first-order valence-electron chi connectivity index (χ1n) is 30.2. The topological polar surface area (TPSA) is 175 Å². The van der Waals surface area contributed by atoms with E-state index in [9.17, 15) is 34.5 Å². The molecule has 1 aliphatic rings. The third-order valence-corrected chi connectivity index (χ3v) is 13.1. The molecule has 0 aromatic heterocycles. The maximum Gasteiger partial charge on any atom is 0.335 e. The Bertz CT molecular complexity index is 1710. The predicted molar refractivity (Wildman–Crippen MR) is 312 cm³/mol. The minimum absolute atomic E-state index is 0.0362. The van der Waals surface area contributed by atoms with Gasteiger partial charge in [0.1, 0.15) is 18.8 Å². The molecule has 0 amide bonds. The largest absolute Gasteiger partial charge is 0.479 e. The molecule has 0 bridgehead atoms. The molecule has 6 unspecified atom stereocenters. The van der Waals surface area contributed by atoms with E-state index in [1.54, 1.807) is 0 Å². The van der Waals surface area contributed by atoms with Crippen LogP contribution in [0.15, 0.2) is 97.2 Å². The fraction of sp³-hybridized carbons (Fsp3) is 0.692. The van der Waals surface area contributed by atoms with Gasteiger partial charge in [0, 0.05) is 19.3 Å². The van der Waals surface area contributed by atoms with Crippen molar-refractivity contribution >= 4 is 23.9 Å². The molecule has 12 heteroatoms. The quantitative estimate of drug-likeness (QED) is 0.0228. The van der Waals surface area contributed by atoms with E-state index in [0.29, 0.717) is 19.3 Å². The fourth-order valence-electron chi connectivity index (χ4n) is 8.48. The van der Waals surface area contributed by atoms with Crippen molar-refractivity contribution in [3.05, 3.63) is 97.2 Å². The van der Waals surface area contributed by atoms with E-state index in [1.807, 2.05) is 0 Å². The highest BCUT2D eigenvalue weighted by molar-refractivity contribution is 5.74. The summed E-state index contributed by atoms with van der Waals surface area (Å²) in [5.41, 5.74) is 0. The van der Waals surface area contributed by atoms with Gasteiger partial charge in [-0.05, 0) is 122 Å². The van der Waals surface area contributed by atoms with Crippen LogP contribution in [0.4, 0.5) is 0 Å². The van der Waals surface area contributed by atoms with E-state index in [-0.39, 0.29) is 25.9 Å². The SMILES string of the molecule is CC/C=C\C/C=C\C/C=C\C/C=C\CCCCCCC(=O)OCC(COC1OC(C(=O)O)C(O)C(O)C1OC(=O)CCCCCCC/C=C\C/C=C\CCCCC)OC(=O)CCCCCCC/C=C\C/C=C\CCCCC. The summed E-state index contributed by atoms with van der Waals surface area (Å²) in [5.74, 6) is -3.19. The van der Waals surface area contributed by atoms with E-state index in [0.717, 1.165) is 141 Å². The predicted octanol–water partition coefficient (Wildman–Crippen LogP) is 15.7. The van der Waals surface area contributed by atoms with Crippen molar-refractivity contribution < 1.29 is 58.2 Å². The summed E-state index contributed by atoms with van der Waals surface area (Å²) in [6.07, 6.45) is 56.5. The zero-order valence-electron chi connectivity index (χ0n) is 48.2. The molecule has 0 aromatic rings. The molecule has 1 heterocycles. The number of carbonyl (C=O) groups excluding carboxylic acids is 3. The van der Waals surface area contributed by atoms with Crippen molar-refractivity contribution in [3.8, 4) is 0 Å². The highest BCUT2D eigenvalue weighted by Crippen LogP contribution is 2.26. The van der Waals surface area contributed by atoms with E-state index >= 15 is 0 Å². The number of carboxylic acid groups (broad SMARTS) is 1. The number of aliphatic carboxylic acids is 1. The maximum atomic E-state index is 13.2. The fourth-order valence-corrected chi connectivity index (χ4v) is 8.48. The zero-order chi connectivity index (χ0) is 56.1. The van der Waals surface area contributed by atoms with Crippen LogP contribution >= 0.6 is 0 Å². The summed E-state index contributed by atoms with van der Waals surface area (Å²) in [6, 6.07) is 0. The molecular weight excluding hydrogens is 973 g/mol. The van der Waals surface area contributed by atoms with Gasteiger partial charge in [0.2, 0.25) is 0 Å². The Morgan fingerprint density at radius 1 is 0.442 bits per heavy atom. The third kappa shape index (κ3) is 42.3. The highest BCUT2D eigenvalue weighted by Gasteiger charge is 2.50. The molecule has 1 aliphatic heterocycles. The Hall–Kier alpha value is -4.36. The van der Waals surface area contributed by atoms with Crippen LogP contribution in [0.5, 0.6) is 0 Å². The number of hydrogen-bond donors (Lipinski definition) is 3. The zero-order valence-corrected chi connectivity index (χ0v) is 48.2. The van der Waals surface area contributed by atoms with Gasteiger partial charge in [0.25, 0.3) is 0 Å². The van der Waals surface area contributed by atoms with Gasteiger partial charge < -0.3 is 39.0 Å². The summed E-state index contributed by atoms with van der Waals surface area (Å²) in [5, 5.41) is 31.5. The minimum Gasteiger partial charge on any atom is -0.479 e. The molecule has 1 fully saturated rings. The molecule has 3 N–H and O–H groups in total. The van der Waals surface area contributed by atoms with Gasteiger partial charge in [0.05, 0.1) is 6.61 Å². The van der Waals surface area contributed by atoms with Crippen LogP contribution < -0.4 is 0 Å². The summed E-state index contributed by atoms with van der Waals surface area (Å²) in [7, 11) is 0. The first-order valence-corrected chi connectivity index (χ1v) is 30.2. The van der Waals surface area contributed by atoms with Gasteiger partial charge in [-0.25, -0.2) is 4.79 Å². The van der Waals surface area contributed by atoms with Crippen molar-refractivity contribution in [2.24, 2.45) is 0 Å². The number of allylic oxidation sites excluding steroid dienone is 16. The lowest BCUT2D eigenvalue weighted by atomic mass is 9.98. The second-order valence-corrected chi connectivity index (χ2v) is 20.2. The average molecular weight is 1080 g/mol. The molecule has 0 saturated carbocycles. The van der Waals surface area contributed by atoms with E-state index in [4.69, 9.17) is 23.7 Å². The second kappa shape index (κ2) is 52.3. The molecule has 1 rings (SSSR count). The van der Waals surface area contributed by atoms with Crippen LogP contribution in [0.1, 0.15) is 239 Å². The Morgan fingerprint density at radius 3 is 1.25 bits per heavy atom. The molecule has 0 aliphatic carbocycles. The van der Waals surface area contributed by atoms with Gasteiger partial charge in [0.15, 0.2) is 24.6 Å². The number of carboxylic acids is 1. The van der Waals surface area contributed by atoms with Gasteiger partial charge in [-0.1, -0.05) is 195 Å². The van der Waals surface area contributed by atoms with Gasteiger partial charge in [-0.15, -0.1) is 0 Å². The van der Waals surface area contributed by atoms with Crippen molar-refractivity contribution in [1.82, 2.24) is 0 Å². The number of esters is 3. The van der Waals surface area contributed by atoms with Crippen molar-refractivity contribution in [1.29, 1.82) is 0 Å². The highest BCUT2D eigenvalue weighted by atomic mass is 16.7. The number of aliphatic hydroxyl groups excluding tert-OH is 2. The molecule has 1 saturated heterocycles. The maximum absolute atomic E-state index is 13.2. The number of carbonyl (C=O) groups is 4. The van der Waals surface area contributed by atoms with Gasteiger partial charge in [-0.3, -0.25) is 14.4 Å². The van der Waals surface area contributed by atoms with Crippen LogP contribution in [0.3, 0.4) is 0 Å². The normalized spacial score (nSPS) is 18.7. The first kappa shape index (κ1) is 70.7. The van der Waals surface area contributed by atoms with E-state index in [2.05, 4.69) is 118 Å². The number of ether oxygens (including phenoxy) is 5. The summed E-state index contributed by atoms with van der Waals surface area (Å²) in [6.45, 7) is 5.79. The average Bonchev–Trinajstić information content (AvgIpc) is 3.42. The van der Waals surface area contributed by atoms with Crippen LogP contribution in [0.2, 0.25) is 0 Å². The van der Waals surface area contributed by atoms with E-state index in [1.165, 1.54) is 38.5 Å². The molecule has 0 aromatic carbocycles. The van der Waals surface area contributed by atoms with Crippen molar-refractivity contribution in [2.45, 2.75) is 276 Å². The molecular formula is C65H106O12. The smallest absolute Gasteiger partial charge is 0.335 e. The van der Waals surface area contributed by atoms with Crippen LogP contribution in [0, 0.1) is 0 Å². The second-order valence-electron chi connectivity index (χ2n) is 20.2. The molecule has 77 heavy (non-hydrogen) atoms.